The highest BCUT2D eigenvalue weighted by atomic mass is 16.4. The van der Waals surface area contributed by atoms with Gasteiger partial charge in [0.25, 0.3) is 0 Å². The van der Waals surface area contributed by atoms with Gasteiger partial charge >= 0.3 is 0 Å². The van der Waals surface area contributed by atoms with Gasteiger partial charge in [0.2, 0.25) is 0 Å². The van der Waals surface area contributed by atoms with Crippen molar-refractivity contribution in [3.05, 3.63) is 44.5 Å². The highest BCUT2D eigenvalue weighted by molar-refractivity contribution is 6.45. The lowest BCUT2D eigenvalue weighted by Crippen LogP contribution is -2.00. The first-order valence-corrected chi connectivity index (χ1v) is 45.1. The Bertz CT molecular complexity index is 2870. The van der Waals surface area contributed by atoms with Crippen molar-refractivity contribution in [3.8, 4) is 0 Å². The zero-order valence-corrected chi connectivity index (χ0v) is 66.9. The summed E-state index contributed by atoms with van der Waals surface area (Å²) >= 11 is 0. The van der Waals surface area contributed by atoms with Gasteiger partial charge in [-0.3, -0.25) is 0 Å². The van der Waals surface area contributed by atoms with Gasteiger partial charge in [0.05, 0.1) is 0 Å². The van der Waals surface area contributed by atoms with Gasteiger partial charge in [-0.1, -0.05) is 364 Å². The molecule has 0 saturated heterocycles. The Morgan fingerprint density at radius 2 is 0.210 bits per heavy atom. The van der Waals surface area contributed by atoms with Crippen LogP contribution in [-0.4, -0.2) is 0 Å². The smallest absolute Gasteiger partial charge is 0.139 e. The van der Waals surface area contributed by atoms with Crippen molar-refractivity contribution < 1.29 is 17.7 Å². The van der Waals surface area contributed by atoms with E-state index in [0.29, 0.717) is 0 Å². The predicted molar refractivity (Wildman–Crippen MR) is 443 cm³/mol. The molecule has 0 saturated carbocycles. The zero-order valence-electron chi connectivity index (χ0n) is 66.9. The fourth-order valence-electron chi connectivity index (χ4n) is 18.6. The summed E-state index contributed by atoms with van der Waals surface area (Å²) in [5.74, 6) is 0. The molecule has 0 aliphatic rings. The second kappa shape index (κ2) is 45.4. The molecule has 0 atom stereocenters. The molecule has 100 heavy (non-hydrogen) atoms. The van der Waals surface area contributed by atoms with Crippen molar-refractivity contribution in [1.82, 2.24) is 0 Å². The Morgan fingerprint density at radius 3 is 0.310 bits per heavy atom. The van der Waals surface area contributed by atoms with Crippen LogP contribution in [-0.2, 0) is 51.4 Å². The third-order valence-electron chi connectivity index (χ3n) is 24.5. The van der Waals surface area contributed by atoms with Crippen LogP contribution in [0.5, 0.6) is 0 Å². The van der Waals surface area contributed by atoms with E-state index in [1.54, 1.807) is 0 Å². The summed E-state index contributed by atoms with van der Waals surface area (Å²) in [7, 11) is 0. The maximum atomic E-state index is 8.31. The maximum Gasteiger partial charge on any atom is 0.139 e. The van der Waals surface area contributed by atoms with E-state index in [4.69, 9.17) is 17.7 Å². The molecule has 0 radical (unpaired) electrons. The molecule has 5 aromatic carbocycles. The lowest BCUT2D eigenvalue weighted by Gasteiger charge is -2.15. The van der Waals surface area contributed by atoms with E-state index in [2.05, 4.69) is 55.4 Å². The number of unbranched alkanes of at least 4 members (excludes halogenated alkanes) is 48. The molecule has 0 N–H and O–H groups in total. The second-order valence-electron chi connectivity index (χ2n) is 32.8. The zero-order chi connectivity index (χ0) is 69.9. The minimum Gasteiger partial charge on any atom is -0.455 e. The maximum absolute atomic E-state index is 8.31. The Kier molecular flexibility index (Phi) is 36.4. The third kappa shape index (κ3) is 21.2. The average molecular weight is 1370 g/mol. The van der Waals surface area contributed by atoms with Gasteiger partial charge < -0.3 is 17.7 Å². The summed E-state index contributed by atoms with van der Waals surface area (Å²) in [6.45, 7) is 18.9. The van der Waals surface area contributed by atoms with Gasteiger partial charge in [0, 0.05) is 87.6 Å². The molecule has 4 heterocycles. The monoisotopic (exact) mass is 1370 g/mol. The Labute approximate surface area is 612 Å². The predicted octanol–water partition coefficient (Wildman–Crippen LogP) is 33.9. The van der Waals surface area contributed by atoms with E-state index in [1.807, 2.05) is 0 Å². The van der Waals surface area contributed by atoms with Crippen molar-refractivity contribution in [2.75, 3.05) is 0 Å². The topological polar surface area (TPSA) is 52.6 Å². The van der Waals surface area contributed by atoms with Crippen LogP contribution in [0.3, 0.4) is 0 Å². The molecule has 0 bridgehead atoms. The molecule has 9 aromatic rings. The Morgan fingerprint density at radius 1 is 0.120 bits per heavy atom. The molecule has 0 aliphatic carbocycles. The van der Waals surface area contributed by atoms with Crippen LogP contribution in [0.15, 0.2) is 17.7 Å². The second-order valence-corrected chi connectivity index (χ2v) is 32.8. The number of rotatable bonds is 64. The molecular weight excluding hydrogens is 1220 g/mol. The largest absolute Gasteiger partial charge is 0.455 e. The summed E-state index contributed by atoms with van der Waals surface area (Å²) in [5.41, 5.74) is 21.5. The number of hydrogen-bond acceptors (Lipinski definition) is 4. The van der Waals surface area contributed by atoms with Crippen molar-refractivity contribution >= 4 is 87.8 Å². The summed E-state index contributed by atoms with van der Waals surface area (Å²) in [4.78, 5) is 0. The third-order valence-corrected chi connectivity index (χ3v) is 24.5. The molecule has 0 fully saturated rings. The molecule has 9 rings (SSSR count). The van der Waals surface area contributed by atoms with Crippen molar-refractivity contribution in [3.63, 3.8) is 0 Å². The summed E-state index contributed by atoms with van der Waals surface area (Å²) < 4.78 is 33.2. The van der Waals surface area contributed by atoms with Crippen molar-refractivity contribution in [2.24, 2.45) is 0 Å². The number of hydrogen-bond donors (Lipinski definition) is 0. The minimum absolute atomic E-state index is 1.05. The SMILES string of the molecule is CCCCCCCCCc1c(CCCCCCCCC)c2oc3c(CCCCCCCCC)c(CCCCCCCCC)c4oc5c(CCCCCCCCC)c(CCCCCCCCC)c6oc7c(CCCCCCCCC)c(CCCCCCCCC)c8oc1c1c8c7c6c5c4c3c21. The van der Waals surface area contributed by atoms with Gasteiger partial charge in [-0.2, -0.15) is 0 Å². The van der Waals surface area contributed by atoms with Crippen LogP contribution >= 0.6 is 0 Å². The van der Waals surface area contributed by atoms with E-state index in [1.165, 1.54) is 492 Å². The van der Waals surface area contributed by atoms with Gasteiger partial charge in [0.15, 0.2) is 0 Å². The number of aryl methyl sites for hydroxylation is 8. The Hall–Kier alpha value is -3.92. The number of benzene rings is 4. The quantitative estimate of drug-likeness (QED) is 0.0357. The van der Waals surface area contributed by atoms with Crippen LogP contribution in [0.4, 0.5) is 0 Å². The summed E-state index contributed by atoms with van der Waals surface area (Å²) in [6.07, 6.45) is 81.5. The molecule has 4 heteroatoms. The Balaban J connectivity index is 1.40. The highest BCUT2D eigenvalue weighted by Gasteiger charge is 2.37. The van der Waals surface area contributed by atoms with Crippen LogP contribution in [0.25, 0.3) is 87.8 Å². The normalized spacial score (nSPS) is 12.6. The number of furan rings is 4. The molecular formula is C96H152O4. The fourth-order valence-corrected chi connectivity index (χ4v) is 18.6. The van der Waals surface area contributed by atoms with E-state index in [9.17, 15) is 0 Å². The van der Waals surface area contributed by atoms with E-state index in [0.717, 1.165) is 51.4 Å². The van der Waals surface area contributed by atoms with Crippen molar-refractivity contribution in [1.29, 1.82) is 0 Å². The van der Waals surface area contributed by atoms with Crippen LogP contribution in [0.1, 0.15) is 459 Å². The molecule has 0 unspecified atom stereocenters. The van der Waals surface area contributed by atoms with Crippen LogP contribution in [0, 0.1) is 0 Å². The van der Waals surface area contributed by atoms with Gasteiger partial charge in [-0.25, -0.2) is 0 Å². The average Bonchev–Trinajstić information content (AvgIpc) is 1.49. The van der Waals surface area contributed by atoms with Crippen LogP contribution < -0.4 is 0 Å². The molecule has 560 valence electrons. The lowest BCUT2D eigenvalue weighted by atomic mass is 9.84. The highest BCUT2D eigenvalue weighted by Crippen LogP contribution is 2.58. The molecule has 4 nitrogen and oxygen atoms in total. The van der Waals surface area contributed by atoms with Gasteiger partial charge in [-0.15, -0.1) is 0 Å². The van der Waals surface area contributed by atoms with Crippen LogP contribution in [0.2, 0.25) is 0 Å². The minimum atomic E-state index is 1.05. The molecule has 4 aromatic heterocycles. The van der Waals surface area contributed by atoms with E-state index in [-0.39, 0.29) is 0 Å². The summed E-state index contributed by atoms with van der Waals surface area (Å²) in [5, 5.41) is 10.9. The van der Waals surface area contributed by atoms with E-state index < -0.39 is 0 Å². The first-order chi connectivity index (χ1) is 49.5. The van der Waals surface area contributed by atoms with Crippen molar-refractivity contribution in [2.45, 2.75) is 466 Å². The van der Waals surface area contributed by atoms with Gasteiger partial charge in [-0.05, 0) is 103 Å². The summed E-state index contributed by atoms with van der Waals surface area (Å²) in [6, 6.07) is 0. The fraction of sp³-hybridized carbons (Fsp3) is 0.750. The molecule has 0 aliphatic heterocycles. The lowest BCUT2D eigenvalue weighted by molar-refractivity contribution is 0.572. The van der Waals surface area contributed by atoms with Gasteiger partial charge in [0.1, 0.15) is 44.7 Å². The van der Waals surface area contributed by atoms with E-state index >= 15 is 0 Å². The molecule has 0 amide bonds. The standard InChI is InChI=1S/C96H152O4/c1-9-17-25-33-41-49-57-65-73-74(66-58-50-42-34-26-18-10-2)90-82-81-83-85-87-88-86-84(82)92(98-90)77(69-61-53-45-37-29-21-13-5)78(70-62-54-46-38-30-22-14-6)94(86)100-96(88)80(72-64-56-48-40-32-24-16-8)79(71-63-55-47-39-31-23-15-7)95(87)99-93(85)76(68-60-52-44-36-28-20-12-4)75(91(83)97-89(73)81)67-59-51-43-35-27-19-11-3/h9-72H2,1-8H3. The first-order valence-electron chi connectivity index (χ1n) is 45.1. The molecule has 0 spiro atoms. The first kappa shape index (κ1) is 80.2.